The Kier molecular flexibility index (Phi) is 2.75. The van der Waals surface area contributed by atoms with Crippen LogP contribution in [0.4, 0.5) is 4.39 Å². The molecular weight excluding hydrogens is 227 g/mol. The van der Waals surface area contributed by atoms with E-state index in [1.54, 1.807) is 0 Å². The third-order valence-electron chi connectivity index (χ3n) is 2.25. The van der Waals surface area contributed by atoms with E-state index in [4.69, 9.17) is 5.11 Å². The number of aromatic carboxylic acids is 1. The van der Waals surface area contributed by atoms with E-state index in [9.17, 15) is 9.18 Å². The van der Waals surface area contributed by atoms with E-state index in [1.807, 2.05) is 18.4 Å². The first-order valence-corrected chi connectivity index (χ1v) is 5.54. The zero-order chi connectivity index (χ0) is 11.7. The van der Waals surface area contributed by atoms with Crippen LogP contribution in [0.5, 0.6) is 0 Å². The third-order valence-corrected chi connectivity index (χ3v) is 3.11. The second kappa shape index (κ2) is 4.06. The van der Waals surface area contributed by atoms with Crippen LogP contribution in [0.3, 0.4) is 0 Å². The fraction of sp³-hybridized carbons (Fsp3) is 0.0833. The number of carboxylic acid groups (broad SMARTS) is 1. The van der Waals surface area contributed by atoms with Crippen LogP contribution in [0.1, 0.15) is 15.2 Å². The van der Waals surface area contributed by atoms with Gasteiger partial charge in [-0.2, -0.15) is 0 Å². The summed E-state index contributed by atoms with van der Waals surface area (Å²) in [7, 11) is 0. The molecule has 2 rings (SSSR count). The van der Waals surface area contributed by atoms with Gasteiger partial charge in [-0.1, -0.05) is 0 Å². The molecular formula is C12H9FO2S. The van der Waals surface area contributed by atoms with Gasteiger partial charge < -0.3 is 5.11 Å². The first kappa shape index (κ1) is 10.8. The lowest BCUT2D eigenvalue weighted by Crippen LogP contribution is -1.99. The van der Waals surface area contributed by atoms with Gasteiger partial charge in [0.05, 0.1) is 5.56 Å². The maximum atomic E-state index is 13.1. The van der Waals surface area contributed by atoms with Crippen molar-refractivity contribution in [3.8, 4) is 11.1 Å². The van der Waals surface area contributed by atoms with Gasteiger partial charge in [0.15, 0.2) is 0 Å². The number of carbonyl (C=O) groups is 1. The lowest BCUT2D eigenvalue weighted by molar-refractivity contribution is 0.0697. The van der Waals surface area contributed by atoms with Crippen molar-refractivity contribution in [3.63, 3.8) is 0 Å². The van der Waals surface area contributed by atoms with Crippen molar-refractivity contribution in [2.75, 3.05) is 0 Å². The Balaban J connectivity index is 2.62. The van der Waals surface area contributed by atoms with E-state index in [2.05, 4.69) is 0 Å². The van der Waals surface area contributed by atoms with Crippen LogP contribution in [-0.4, -0.2) is 11.1 Å². The number of thiophene rings is 1. The number of halogens is 1. The van der Waals surface area contributed by atoms with E-state index in [0.717, 1.165) is 16.5 Å². The predicted octanol–water partition coefficient (Wildman–Crippen LogP) is 3.56. The molecule has 0 aliphatic carbocycles. The van der Waals surface area contributed by atoms with Gasteiger partial charge in [0, 0.05) is 4.88 Å². The van der Waals surface area contributed by atoms with Crippen molar-refractivity contribution in [3.05, 3.63) is 45.9 Å². The molecule has 0 unspecified atom stereocenters. The Labute approximate surface area is 96.0 Å². The molecule has 1 aromatic carbocycles. The van der Waals surface area contributed by atoms with Crippen molar-refractivity contribution in [1.29, 1.82) is 0 Å². The molecule has 1 aromatic heterocycles. The van der Waals surface area contributed by atoms with Gasteiger partial charge in [0.1, 0.15) is 5.82 Å². The molecule has 2 nitrogen and oxygen atoms in total. The highest BCUT2D eigenvalue weighted by Gasteiger charge is 2.13. The zero-order valence-corrected chi connectivity index (χ0v) is 9.34. The van der Waals surface area contributed by atoms with Crippen molar-refractivity contribution in [1.82, 2.24) is 0 Å². The van der Waals surface area contributed by atoms with Crippen molar-refractivity contribution < 1.29 is 14.3 Å². The summed E-state index contributed by atoms with van der Waals surface area (Å²) in [4.78, 5) is 12.1. The van der Waals surface area contributed by atoms with Gasteiger partial charge >= 0.3 is 5.97 Å². The van der Waals surface area contributed by atoms with E-state index >= 15 is 0 Å². The fourth-order valence-corrected chi connectivity index (χ4v) is 2.23. The molecule has 2 aromatic rings. The molecule has 4 heteroatoms. The van der Waals surface area contributed by atoms with Crippen molar-refractivity contribution >= 4 is 17.3 Å². The quantitative estimate of drug-likeness (QED) is 0.865. The first-order chi connectivity index (χ1) is 7.58. The third kappa shape index (κ3) is 1.97. The lowest BCUT2D eigenvalue weighted by Gasteiger charge is -2.03. The van der Waals surface area contributed by atoms with Gasteiger partial charge in [0.25, 0.3) is 0 Å². The summed E-state index contributed by atoms with van der Waals surface area (Å²) in [5.74, 6) is -1.47. The zero-order valence-electron chi connectivity index (χ0n) is 8.53. The molecule has 0 amide bonds. The Morgan fingerprint density at radius 3 is 2.69 bits per heavy atom. The Bertz CT molecular complexity index is 546. The summed E-state index contributed by atoms with van der Waals surface area (Å²) >= 11 is 1.51. The number of rotatable bonds is 2. The average molecular weight is 236 g/mol. The Morgan fingerprint density at radius 2 is 2.12 bits per heavy atom. The van der Waals surface area contributed by atoms with Crippen LogP contribution in [0.2, 0.25) is 0 Å². The molecule has 0 aliphatic rings. The van der Waals surface area contributed by atoms with Gasteiger partial charge in [-0.3, -0.25) is 0 Å². The number of carboxylic acids is 1. The largest absolute Gasteiger partial charge is 0.478 e. The van der Waals surface area contributed by atoms with Crippen LogP contribution < -0.4 is 0 Å². The lowest BCUT2D eigenvalue weighted by atomic mass is 10.0. The van der Waals surface area contributed by atoms with Crippen molar-refractivity contribution in [2.24, 2.45) is 0 Å². The van der Waals surface area contributed by atoms with E-state index in [1.165, 1.54) is 23.5 Å². The highest BCUT2D eigenvalue weighted by molar-refractivity contribution is 7.10. The Morgan fingerprint density at radius 1 is 1.38 bits per heavy atom. The Hall–Kier alpha value is -1.68. The molecule has 0 aliphatic heterocycles. The van der Waals surface area contributed by atoms with E-state index in [-0.39, 0.29) is 5.56 Å². The van der Waals surface area contributed by atoms with Gasteiger partial charge in [-0.05, 0) is 47.7 Å². The van der Waals surface area contributed by atoms with Crippen LogP contribution in [-0.2, 0) is 0 Å². The second-order valence-corrected chi connectivity index (χ2v) is 4.56. The monoisotopic (exact) mass is 236 g/mol. The highest BCUT2D eigenvalue weighted by atomic mass is 32.1. The summed E-state index contributed by atoms with van der Waals surface area (Å²) < 4.78 is 13.1. The molecule has 0 saturated carbocycles. The molecule has 1 N–H and O–H groups in total. The smallest absolute Gasteiger partial charge is 0.336 e. The highest BCUT2D eigenvalue weighted by Crippen LogP contribution is 2.28. The molecule has 82 valence electrons. The maximum absolute atomic E-state index is 13.1. The summed E-state index contributed by atoms with van der Waals surface area (Å²) in [6.07, 6.45) is 0. The molecule has 0 fully saturated rings. The van der Waals surface area contributed by atoms with E-state index in [0.29, 0.717) is 5.56 Å². The van der Waals surface area contributed by atoms with Crippen molar-refractivity contribution in [2.45, 2.75) is 6.92 Å². The van der Waals surface area contributed by atoms with Crippen LogP contribution >= 0.6 is 11.3 Å². The SMILES string of the molecule is Cc1cc(-c2cc(F)ccc2C(=O)O)cs1. The van der Waals surface area contributed by atoms with E-state index < -0.39 is 11.8 Å². The van der Waals surface area contributed by atoms with Gasteiger partial charge in [-0.25, -0.2) is 9.18 Å². The molecule has 0 atom stereocenters. The first-order valence-electron chi connectivity index (χ1n) is 4.66. The summed E-state index contributed by atoms with van der Waals surface area (Å²) in [5, 5.41) is 10.8. The van der Waals surface area contributed by atoms with Crippen LogP contribution in [0, 0.1) is 12.7 Å². The molecule has 0 bridgehead atoms. The maximum Gasteiger partial charge on any atom is 0.336 e. The number of hydrogen-bond acceptors (Lipinski definition) is 2. The summed E-state index contributed by atoms with van der Waals surface area (Å²) in [5.41, 5.74) is 1.30. The fourth-order valence-electron chi connectivity index (χ4n) is 1.53. The standard InChI is InChI=1S/C12H9FO2S/c1-7-4-8(6-16-7)11-5-9(13)2-3-10(11)12(14)15/h2-6H,1H3,(H,14,15). The second-order valence-electron chi connectivity index (χ2n) is 3.44. The summed E-state index contributed by atoms with van der Waals surface area (Å²) in [6, 6.07) is 5.56. The predicted molar refractivity (Wildman–Crippen MR) is 61.4 cm³/mol. The van der Waals surface area contributed by atoms with Crippen LogP contribution in [0.25, 0.3) is 11.1 Å². The molecule has 0 spiro atoms. The number of aryl methyl sites for hydroxylation is 1. The van der Waals surface area contributed by atoms with Gasteiger partial charge in [-0.15, -0.1) is 11.3 Å². The number of hydrogen-bond donors (Lipinski definition) is 1. The number of benzene rings is 1. The topological polar surface area (TPSA) is 37.3 Å². The minimum atomic E-state index is -1.04. The minimum absolute atomic E-state index is 0.124. The normalized spacial score (nSPS) is 10.4. The molecule has 1 heterocycles. The summed E-state index contributed by atoms with van der Waals surface area (Å²) in [6.45, 7) is 1.92. The molecule has 0 saturated heterocycles. The minimum Gasteiger partial charge on any atom is -0.478 e. The van der Waals surface area contributed by atoms with Crippen LogP contribution in [0.15, 0.2) is 29.6 Å². The van der Waals surface area contributed by atoms with Gasteiger partial charge in [0.2, 0.25) is 0 Å². The average Bonchev–Trinajstić information content (AvgIpc) is 2.64. The molecule has 16 heavy (non-hydrogen) atoms. The molecule has 0 radical (unpaired) electrons.